The van der Waals surface area contributed by atoms with Gasteiger partial charge in [-0.15, -0.1) is 0 Å². The van der Waals surface area contributed by atoms with Gasteiger partial charge in [-0.05, 0) is 19.8 Å². The molecule has 0 bridgehead atoms. The van der Waals surface area contributed by atoms with Gasteiger partial charge in [0.25, 0.3) is 0 Å². The third-order valence-electron chi connectivity index (χ3n) is 5.64. The molecule has 0 rings (SSSR count). The summed E-state index contributed by atoms with van der Waals surface area (Å²) in [6.07, 6.45) is 22.3. The molecule has 0 heterocycles. The van der Waals surface area contributed by atoms with Crippen LogP contribution in [0.15, 0.2) is 11.6 Å². The molecule has 0 aromatic heterocycles. The Bertz CT molecular complexity index is 394. The number of quaternary nitrogens is 1. The molecule has 0 atom stereocenters. The van der Waals surface area contributed by atoms with Crippen molar-refractivity contribution in [3.63, 3.8) is 0 Å². The summed E-state index contributed by atoms with van der Waals surface area (Å²) >= 11 is 0. The number of carbonyl (C=O) groups is 1. The Morgan fingerprint density at radius 3 is 1.54 bits per heavy atom. The predicted octanol–water partition coefficient (Wildman–Crippen LogP) is 3.97. The van der Waals surface area contributed by atoms with Crippen LogP contribution in [0.2, 0.25) is 0 Å². The van der Waals surface area contributed by atoms with Crippen LogP contribution in [0, 0.1) is 0 Å². The highest BCUT2D eigenvalue weighted by molar-refractivity contribution is 5.85. The second-order valence-corrected chi connectivity index (χ2v) is 8.96. The summed E-state index contributed by atoms with van der Waals surface area (Å²) in [6, 6.07) is 0. The zero-order valence-electron chi connectivity index (χ0n) is 19.3. The van der Waals surface area contributed by atoms with E-state index in [0.717, 1.165) is 17.4 Å². The van der Waals surface area contributed by atoms with Gasteiger partial charge in [-0.25, -0.2) is 4.79 Å². The molecular weight excluding hydrogens is 414 g/mol. The molecular formula is C24H48BrNO2. The molecule has 0 spiro atoms. The van der Waals surface area contributed by atoms with Crippen LogP contribution >= 0.6 is 0 Å². The van der Waals surface area contributed by atoms with E-state index in [0.29, 0.717) is 5.57 Å². The van der Waals surface area contributed by atoms with E-state index in [-0.39, 0.29) is 17.0 Å². The molecule has 1 N–H and O–H groups in total. The van der Waals surface area contributed by atoms with Crippen LogP contribution in [0.5, 0.6) is 0 Å². The summed E-state index contributed by atoms with van der Waals surface area (Å²) in [6.45, 7) is 6.17. The van der Waals surface area contributed by atoms with Crippen molar-refractivity contribution in [2.45, 2.75) is 110 Å². The number of aliphatic carboxylic acids is 1. The van der Waals surface area contributed by atoms with Crippen LogP contribution in [-0.4, -0.2) is 42.7 Å². The Kier molecular flexibility index (Phi) is 21.3. The number of unbranched alkanes of at least 4 members (excludes halogenated alkanes) is 13. The van der Waals surface area contributed by atoms with Gasteiger partial charge in [0.1, 0.15) is 0 Å². The van der Waals surface area contributed by atoms with Gasteiger partial charge in [0.05, 0.1) is 27.2 Å². The lowest BCUT2D eigenvalue weighted by Gasteiger charge is -2.29. The van der Waals surface area contributed by atoms with Crippen molar-refractivity contribution in [1.82, 2.24) is 0 Å². The highest BCUT2D eigenvalue weighted by atomic mass is 79.9. The molecule has 4 heteroatoms. The van der Waals surface area contributed by atoms with Gasteiger partial charge in [-0.1, -0.05) is 90.0 Å². The molecule has 0 radical (unpaired) electrons. The second kappa shape index (κ2) is 19.9. The van der Waals surface area contributed by atoms with Gasteiger partial charge < -0.3 is 26.6 Å². The second-order valence-electron chi connectivity index (χ2n) is 8.96. The Morgan fingerprint density at radius 2 is 1.14 bits per heavy atom. The number of halogens is 1. The fourth-order valence-electron chi connectivity index (χ4n) is 3.56. The lowest BCUT2D eigenvalue weighted by Crippen LogP contribution is -3.00. The third kappa shape index (κ3) is 20.4. The maximum absolute atomic E-state index is 10.8. The van der Waals surface area contributed by atoms with E-state index < -0.39 is 5.97 Å². The SMILES string of the molecule is CCCCCCCCCCCCCCCC[N+](C)(C)CCC=C(C)C(=O)O.[Br-]. The molecule has 0 aliphatic carbocycles. The molecule has 0 unspecified atom stereocenters. The van der Waals surface area contributed by atoms with E-state index >= 15 is 0 Å². The van der Waals surface area contributed by atoms with Crippen molar-refractivity contribution >= 4 is 5.97 Å². The quantitative estimate of drug-likeness (QED) is 0.179. The van der Waals surface area contributed by atoms with Gasteiger partial charge in [0.15, 0.2) is 0 Å². The molecule has 0 aromatic rings. The summed E-state index contributed by atoms with van der Waals surface area (Å²) in [5.74, 6) is -0.799. The van der Waals surface area contributed by atoms with Crippen LogP contribution in [0.1, 0.15) is 110 Å². The average molecular weight is 463 g/mol. The predicted molar refractivity (Wildman–Crippen MR) is 118 cm³/mol. The summed E-state index contributed by atoms with van der Waals surface area (Å²) in [5.41, 5.74) is 0.464. The minimum Gasteiger partial charge on any atom is -1.00 e. The maximum atomic E-state index is 10.8. The van der Waals surface area contributed by atoms with Crippen LogP contribution in [0.25, 0.3) is 0 Å². The molecule has 0 saturated heterocycles. The van der Waals surface area contributed by atoms with Crippen molar-refractivity contribution in [3.05, 3.63) is 11.6 Å². The minimum absolute atomic E-state index is 0. The number of carboxylic acids is 1. The summed E-state index contributed by atoms with van der Waals surface area (Å²) in [4.78, 5) is 10.8. The van der Waals surface area contributed by atoms with E-state index in [1.807, 2.05) is 6.08 Å². The van der Waals surface area contributed by atoms with Crippen molar-refractivity contribution in [2.75, 3.05) is 27.2 Å². The van der Waals surface area contributed by atoms with Crippen molar-refractivity contribution in [1.29, 1.82) is 0 Å². The van der Waals surface area contributed by atoms with Gasteiger partial charge >= 0.3 is 5.97 Å². The minimum atomic E-state index is -0.799. The molecule has 0 amide bonds. The van der Waals surface area contributed by atoms with Crippen LogP contribution in [0.4, 0.5) is 0 Å². The number of nitrogens with zero attached hydrogens (tertiary/aromatic N) is 1. The van der Waals surface area contributed by atoms with Gasteiger partial charge in [0.2, 0.25) is 0 Å². The molecule has 28 heavy (non-hydrogen) atoms. The molecule has 0 fully saturated rings. The van der Waals surface area contributed by atoms with Gasteiger partial charge in [-0.2, -0.15) is 0 Å². The summed E-state index contributed by atoms with van der Waals surface area (Å²) in [7, 11) is 4.51. The monoisotopic (exact) mass is 461 g/mol. The van der Waals surface area contributed by atoms with Crippen molar-refractivity contribution in [3.8, 4) is 0 Å². The highest BCUT2D eigenvalue weighted by Gasteiger charge is 2.13. The van der Waals surface area contributed by atoms with E-state index in [4.69, 9.17) is 5.11 Å². The number of hydrogen-bond donors (Lipinski definition) is 1. The third-order valence-corrected chi connectivity index (χ3v) is 5.64. The van der Waals surface area contributed by atoms with Crippen LogP contribution in [0.3, 0.4) is 0 Å². The standard InChI is InChI=1S/C24H47NO2.BrH/c1-5-6-7-8-9-10-11-12-13-14-15-16-17-18-21-25(3,4)22-19-20-23(2)24(26)27;/h20H,5-19,21-22H2,1-4H3;1H. The largest absolute Gasteiger partial charge is 1.00 e. The summed E-state index contributed by atoms with van der Waals surface area (Å²) in [5, 5.41) is 8.88. The van der Waals surface area contributed by atoms with Crippen molar-refractivity contribution < 1.29 is 31.4 Å². The zero-order valence-corrected chi connectivity index (χ0v) is 20.9. The lowest BCUT2D eigenvalue weighted by atomic mass is 10.0. The maximum Gasteiger partial charge on any atom is 0.330 e. The number of carboxylic acid groups (broad SMARTS) is 1. The lowest BCUT2D eigenvalue weighted by molar-refractivity contribution is -0.890. The first-order valence-electron chi connectivity index (χ1n) is 11.6. The Morgan fingerprint density at radius 1 is 0.750 bits per heavy atom. The molecule has 0 aliphatic rings. The zero-order chi connectivity index (χ0) is 20.4. The van der Waals surface area contributed by atoms with E-state index in [1.165, 1.54) is 96.4 Å². The molecule has 0 aromatic carbocycles. The number of rotatable bonds is 19. The molecule has 0 saturated carbocycles. The topological polar surface area (TPSA) is 37.3 Å². The fraction of sp³-hybridized carbons (Fsp3) is 0.875. The molecule has 0 aliphatic heterocycles. The Labute approximate surface area is 186 Å². The first kappa shape index (κ1) is 29.8. The van der Waals surface area contributed by atoms with Crippen LogP contribution in [-0.2, 0) is 4.79 Å². The normalized spacial score (nSPS) is 12.1. The average Bonchev–Trinajstić information content (AvgIpc) is 2.61. The fourth-order valence-corrected chi connectivity index (χ4v) is 3.56. The van der Waals surface area contributed by atoms with Crippen molar-refractivity contribution in [2.24, 2.45) is 0 Å². The Hall–Kier alpha value is -0.350. The first-order valence-corrected chi connectivity index (χ1v) is 11.6. The van der Waals surface area contributed by atoms with E-state index in [1.54, 1.807) is 6.92 Å². The molecule has 3 nitrogen and oxygen atoms in total. The van der Waals surface area contributed by atoms with Gasteiger partial charge in [-0.3, -0.25) is 0 Å². The van der Waals surface area contributed by atoms with E-state index in [9.17, 15) is 4.79 Å². The molecule has 168 valence electrons. The Balaban J connectivity index is 0. The van der Waals surface area contributed by atoms with Gasteiger partial charge in [0, 0.05) is 12.0 Å². The first-order chi connectivity index (χ1) is 12.9. The smallest absolute Gasteiger partial charge is 0.330 e. The highest BCUT2D eigenvalue weighted by Crippen LogP contribution is 2.13. The summed E-state index contributed by atoms with van der Waals surface area (Å²) < 4.78 is 0.988. The van der Waals surface area contributed by atoms with Crippen LogP contribution < -0.4 is 17.0 Å². The van der Waals surface area contributed by atoms with E-state index in [2.05, 4.69) is 21.0 Å². The number of hydrogen-bond acceptors (Lipinski definition) is 1.